The standard InChI is InChI=1S/C21H28N4O2S/c1-2-23-20(24-15-17-8-6-11-19(14-17)28(22,26)27)25-16-21(12-7-13-21)18-9-4-3-5-10-18/h3-6,8-11,14H,2,7,12-13,15-16H2,1H3,(H2,22,26,27)(H2,23,24,25). The van der Waals surface area contributed by atoms with Crippen LogP contribution in [0.25, 0.3) is 0 Å². The van der Waals surface area contributed by atoms with Gasteiger partial charge in [-0.15, -0.1) is 0 Å². The number of sulfonamides is 1. The fourth-order valence-corrected chi connectivity index (χ4v) is 4.13. The summed E-state index contributed by atoms with van der Waals surface area (Å²) in [6.45, 7) is 3.97. The molecule has 2 aromatic carbocycles. The van der Waals surface area contributed by atoms with Gasteiger partial charge in [0.25, 0.3) is 0 Å². The Kier molecular flexibility index (Phi) is 6.36. The summed E-state index contributed by atoms with van der Waals surface area (Å²) in [5.41, 5.74) is 2.32. The number of nitrogens with zero attached hydrogens (tertiary/aromatic N) is 1. The summed E-state index contributed by atoms with van der Waals surface area (Å²) < 4.78 is 23.1. The number of rotatable bonds is 7. The molecule has 3 rings (SSSR count). The molecule has 150 valence electrons. The Bertz CT molecular complexity index is 922. The van der Waals surface area contributed by atoms with Gasteiger partial charge < -0.3 is 10.6 Å². The van der Waals surface area contributed by atoms with E-state index < -0.39 is 10.0 Å². The largest absolute Gasteiger partial charge is 0.357 e. The van der Waals surface area contributed by atoms with E-state index >= 15 is 0 Å². The van der Waals surface area contributed by atoms with Gasteiger partial charge in [-0.1, -0.05) is 48.9 Å². The van der Waals surface area contributed by atoms with Crippen molar-refractivity contribution in [2.45, 2.75) is 43.0 Å². The van der Waals surface area contributed by atoms with Gasteiger partial charge in [-0.2, -0.15) is 0 Å². The topological polar surface area (TPSA) is 96.6 Å². The van der Waals surface area contributed by atoms with E-state index in [9.17, 15) is 8.42 Å². The molecule has 1 aliphatic carbocycles. The summed E-state index contributed by atoms with van der Waals surface area (Å²) in [5.74, 6) is 0.728. The van der Waals surface area contributed by atoms with E-state index in [2.05, 4.69) is 39.9 Å². The third-order valence-corrected chi connectivity index (χ3v) is 6.19. The number of hydrogen-bond donors (Lipinski definition) is 3. The molecule has 0 saturated heterocycles. The first kappa shape index (κ1) is 20.4. The number of nitrogens with one attached hydrogen (secondary N) is 2. The third kappa shape index (κ3) is 4.91. The highest BCUT2D eigenvalue weighted by Gasteiger charge is 2.38. The van der Waals surface area contributed by atoms with Crippen LogP contribution in [0.1, 0.15) is 37.3 Å². The third-order valence-electron chi connectivity index (χ3n) is 5.28. The second kappa shape index (κ2) is 8.75. The molecule has 0 aromatic heterocycles. The van der Waals surface area contributed by atoms with Crippen LogP contribution in [-0.2, 0) is 22.0 Å². The zero-order valence-electron chi connectivity index (χ0n) is 16.2. The second-order valence-corrected chi connectivity index (χ2v) is 8.80. The van der Waals surface area contributed by atoms with Crippen molar-refractivity contribution in [1.29, 1.82) is 0 Å². The zero-order valence-corrected chi connectivity index (χ0v) is 17.0. The Balaban J connectivity index is 1.70. The number of hydrogen-bond acceptors (Lipinski definition) is 3. The van der Waals surface area contributed by atoms with E-state index in [1.165, 1.54) is 30.9 Å². The lowest BCUT2D eigenvalue weighted by Crippen LogP contribution is -2.48. The quantitative estimate of drug-likeness (QED) is 0.491. The Morgan fingerprint density at radius 3 is 2.46 bits per heavy atom. The van der Waals surface area contributed by atoms with Crippen molar-refractivity contribution in [1.82, 2.24) is 10.6 Å². The van der Waals surface area contributed by atoms with Crippen LogP contribution in [0.5, 0.6) is 0 Å². The molecule has 1 aliphatic rings. The van der Waals surface area contributed by atoms with Crippen molar-refractivity contribution < 1.29 is 8.42 Å². The summed E-state index contributed by atoms with van der Waals surface area (Å²) in [5, 5.41) is 12.0. The lowest BCUT2D eigenvalue weighted by Gasteiger charge is -2.43. The van der Waals surface area contributed by atoms with Gasteiger partial charge in [0.05, 0.1) is 11.4 Å². The molecule has 0 aliphatic heterocycles. The van der Waals surface area contributed by atoms with Gasteiger partial charge in [0, 0.05) is 18.5 Å². The zero-order chi connectivity index (χ0) is 20.0. The van der Waals surface area contributed by atoms with Gasteiger partial charge in [-0.25, -0.2) is 18.5 Å². The molecule has 0 amide bonds. The predicted octanol–water partition coefficient (Wildman–Crippen LogP) is 2.51. The molecule has 6 nitrogen and oxygen atoms in total. The molecule has 0 unspecified atom stereocenters. The van der Waals surface area contributed by atoms with E-state index in [1.54, 1.807) is 12.1 Å². The average Bonchev–Trinajstić information content (AvgIpc) is 2.65. The Hall–Kier alpha value is -2.38. The van der Waals surface area contributed by atoms with Gasteiger partial charge in [-0.3, -0.25) is 0 Å². The molecule has 1 fully saturated rings. The Morgan fingerprint density at radius 1 is 1.11 bits per heavy atom. The summed E-state index contributed by atoms with van der Waals surface area (Å²) in [6, 6.07) is 17.2. The molecule has 28 heavy (non-hydrogen) atoms. The summed E-state index contributed by atoms with van der Waals surface area (Å²) in [6.07, 6.45) is 3.57. The number of nitrogens with two attached hydrogens (primary N) is 1. The first-order chi connectivity index (χ1) is 13.4. The van der Waals surface area contributed by atoms with Crippen LogP contribution in [0.4, 0.5) is 0 Å². The number of benzene rings is 2. The highest BCUT2D eigenvalue weighted by Crippen LogP contribution is 2.43. The van der Waals surface area contributed by atoms with Crippen molar-refractivity contribution in [2.75, 3.05) is 13.1 Å². The van der Waals surface area contributed by atoms with Gasteiger partial charge in [0.1, 0.15) is 0 Å². The average molecular weight is 401 g/mol. The van der Waals surface area contributed by atoms with Crippen LogP contribution >= 0.6 is 0 Å². The van der Waals surface area contributed by atoms with E-state index in [0.717, 1.165) is 24.6 Å². The molecule has 0 radical (unpaired) electrons. The number of aliphatic imine (C=N–C) groups is 1. The second-order valence-electron chi connectivity index (χ2n) is 7.24. The van der Waals surface area contributed by atoms with Gasteiger partial charge in [0.2, 0.25) is 10.0 Å². The minimum Gasteiger partial charge on any atom is -0.357 e. The molecule has 0 bridgehead atoms. The molecule has 0 atom stereocenters. The van der Waals surface area contributed by atoms with Crippen LogP contribution in [-0.4, -0.2) is 27.5 Å². The van der Waals surface area contributed by atoms with Crippen LogP contribution in [0.15, 0.2) is 64.5 Å². The molecule has 0 spiro atoms. The van der Waals surface area contributed by atoms with Gasteiger partial charge in [-0.05, 0) is 43.0 Å². The molecule has 4 N–H and O–H groups in total. The summed E-state index contributed by atoms with van der Waals surface area (Å²) in [4.78, 5) is 4.73. The highest BCUT2D eigenvalue weighted by atomic mass is 32.2. The van der Waals surface area contributed by atoms with E-state index in [1.807, 2.05) is 19.1 Å². The SMILES string of the molecule is CCNC(=NCc1cccc(S(N)(=O)=O)c1)NCC1(c2ccccc2)CCC1. The maximum absolute atomic E-state index is 11.5. The van der Waals surface area contributed by atoms with Gasteiger partial charge in [0.15, 0.2) is 5.96 Å². The first-order valence-corrected chi connectivity index (χ1v) is 11.2. The monoisotopic (exact) mass is 400 g/mol. The fraction of sp³-hybridized carbons (Fsp3) is 0.381. The summed E-state index contributed by atoms with van der Waals surface area (Å²) >= 11 is 0. The fourth-order valence-electron chi connectivity index (χ4n) is 3.55. The minimum atomic E-state index is -3.71. The van der Waals surface area contributed by atoms with Crippen molar-refractivity contribution in [3.63, 3.8) is 0 Å². The van der Waals surface area contributed by atoms with Gasteiger partial charge >= 0.3 is 0 Å². The lowest BCUT2D eigenvalue weighted by molar-refractivity contribution is 0.244. The molecular weight excluding hydrogens is 372 g/mol. The summed E-state index contributed by atoms with van der Waals surface area (Å²) in [7, 11) is -3.71. The number of guanidine groups is 1. The smallest absolute Gasteiger partial charge is 0.238 e. The predicted molar refractivity (Wildman–Crippen MR) is 113 cm³/mol. The minimum absolute atomic E-state index is 0.107. The van der Waals surface area contributed by atoms with Crippen LogP contribution in [0.3, 0.4) is 0 Å². The maximum Gasteiger partial charge on any atom is 0.238 e. The first-order valence-electron chi connectivity index (χ1n) is 9.62. The normalized spacial score (nSPS) is 16.3. The molecule has 1 saturated carbocycles. The maximum atomic E-state index is 11.5. The van der Waals surface area contributed by atoms with Crippen LogP contribution in [0.2, 0.25) is 0 Å². The highest BCUT2D eigenvalue weighted by molar-refractivity contribution is 7.89. The van der Waals surface area contributed by atoms with Crippen molar-refractivity contribution in [3.05, 3.63) is 65.7 Å². The lowest BCUT2D eigenvalue weighted by atomic mass is 9.64. The molecular formula is C21H28N4O2S. The number of primary sulfonamides is 1. The molecule has 7 heteroatoms. The molecule has 2 aromatic rings. The van der Waals surface area contributed by atoms with E-state index in [4.69, 9.17) is 5.14 Å². The Morgan fingerprint density at radius 2 is 1.86 bits per heavy atom. The van der Waals surface area contributed by atoms with Crippen LogP contribution in [0, 0.1) is 0 Å². The van der Waals surface area contributed by atoms with Crippen molar-refractivity contribution in [3.8, 4) is 0 Å². The molecule has 0 heterocycles. The van der Waals surface area contributed by atoms with Crippen molar-refractivity contribution in [2.24, 2.45) is 10.1 Å². The Labute approximate surface area is 167 Å². The van der Waals surface area contributed by atoms with Crippen molar-refractivity contribution >= 4 is 16.0 Å². The van der Waals surface area contributed by atoms with E-state index in [0.29, 0.717) is 6.54 Å². The van der Waals surface area contributed by atoms with E-state index in [-0.39, 0.29) is 10.3 Å². The van der Waals surface area contributed by atoms with Crippen LogP contribution < -0.4 is 15.8 Å².